The van der Waals surface area contributed by atoms with Crippen molar-refractivity contribution in [1.29, 1.82) is 0 Å². The molecule has 0 saturated heterocycles. The van der Waals surface area contributed by atoms with Crippen molar-refractivity contribution in [3.8, 4) is 11.5 Å². The summed E-state index contributed by atoms with van der Waals surface area (Å²) in [6.07, 6.45) is 6.38. The first kappa shape index (κ1) is 26.1. The van der Waals surface area contributed by atoms with Crippen LogP contribution in [0.5, 0.6) is 11.5 Å². The van der Waals surface area contributed by atoms with Crippen molar-refractivity contribution in [2.45, 2.75) is 70.5 Å². The van der Waals surface area contributed by atoms with E-state index >= 15 is 0 Å². The molecular formula is C27H35BrN2O4. The summed E-state index contributed by atoms with van der Waals surface area (Å²) in [4.78, 5) is 28.2. The van der Waals surface area contributed by atoms with E-state index in [1.54, 1.807) is 19.1 Å². The second-order valence-corrected chi connectivity index (χ2v) is 9.78. The Bertz CT molecular complexity index is 975. The normalized spacial score (nSPS) is 14.8. The molecule has 1 aliphatic rings. The van der Waals surface area contributed by atoms with Gasteiger partial charge in [-0.2, -0.15) is 0 Å². The molecule has 1 N–H and O–H groups in total. The highest BCUT2D eigenvalue weighted by molar-refractivity contribution is 9.10. The van der Waals surface area contributed by atoms with Gasteiger partial charge in [0.25, 0.3) is 0 Å². The number of ether oxygens (including phenoxy) is 2. The van der Waals surface area contributed by atoms with Crippen LogP contribution in [0.3, 0.4) is 0 Å². The molecule has 0 aromatic heterocycles. The number of methoxy groups -OCH3 is 2. The average molecular weight is 531 g/mol. The summed E-state index contributed by atoms with van der Waals surface area (Å²) in [7, 11) is 3.19. The lowest BCUT2D eigenvalue weighted by molar-refractivity contribution is -0.141. The number of halogens is 1. The van der Waals surface area contributed by atoms with Crippen molar-refractivity contribution in [3.63, 3.8) is 0 Å². The van der Waals surface area contributed by atoms with E-state index in [9.17, 15) is 9.59 Å². The van der Waals surface area contributed by atoms with Crippen LogP contribution in [0.1, 0.15) is 56.6 Å². The molecule has 2 aromatic carbocycles. The molecule has 0 radical (unpaired) electrons. The number of hydrogen-bond donors (Lipinski definition) is 1. The average Bonchev–Trinajstić information content (AvgIpc) is 2.85. The second-order valence-electron chi connectivity index (χ2n) is 8.86. The highest BCUT2D eigenvalue weighted by Gasteiger charge is 2.28. The first-order valence-corrected chi connectivity index (χ1v) is 12.8. The van der Waals surface area contributed by atoms with Gasteiger partial charge in [0, 0.05) is 23.5 Å². The van der Waals surface area contributed by atoms with Crippen LogP contribution in [0.2, 0.25) is 0 Å². The maximum atomic E-state index is 13.4. The number of nitrogens with one attached hydrogen (secondary N) is 1. The maximum Gasteiger partial charge on any atom is 0.242 e. The number of amides is 2. The van der Waals surface area contributed by atoms with Crippen LogP contribution in [-0.4, -0.2) is 43.0 Å². The molecule has 34 heavy (non-hydrogen) atoms. The Kier molecular flexibility index (Phi) is 9.81. The molecule has 0 bridgehead atoms. The van der Waals surface area contributed by atoms with Crippen molar-refractivity contribution in [2.24, 2.45) is 0 Å². The predicted octanol–water partition coefficient (Wildman–Crippen LogP) is 5.27. The number of benzene rings is 2. The minimum absolute atomic E-state index is 0.0546. The summed E-state index contributed by atoms with van der Waals surface area (Å²) in [6, 6.07) is 13.2. The molecule has 1 aliphatic carbocycles. The summed E-state index contributed by atoms with van der Waals surface area (Å²) in [5, 5.41) is 3.18. The molecule has 6 nitrogen and oxygen atoms in total. The Balaban J connectivity index is 1.72. The van der Waals surface area contributed by atoms with Crippen LogP contribution in [0.15, 0.2) is 46.9 Å². The molecule has 0 spiro atoms. The lowest BCUT2D eigenvalue weighted by Gasteiger charge is -2.31. The third kappa shape index (κ3) is 7.23. The lowest BCUT2D eigenvalue weighted by Crippen LogP contribution is -2.50. The number of carbonyl (C=O) groups is 2. The number of hydrogen-bond acceptors (Lipinski definition) is 4. The fraction of sp³-hybridized carbons (Fsp3) is 0.481. The molecular weight excluding hydrogens is 496 g/mol. The van der Waals surface area contributed by atoms with Crippen molar-refractivity contribution >= 4 is 27.7 Å². The second kappa shape index (κ2) is 12.8. The Morgan fingerprint density at radius 3 is 2.44 bits per heavy atom. The van der Waals surface area contributed by atoms with E-state index in [1.807, 2.05) is 49.4 Å². The minimum atomic E-state index is -0.557. The molecule has 0 unspecified atom stereocenters. The summed E-state index contributed by atoms with van der Waals surface area (Å²) in [6.45, 7) is 2.20. The van der Waals surface area contributed by atoms with Crippen molar-refractivity contribution in [1.82, 2.24) is 10.2 Å². The Labute approximate surface area is 211 Å². The highest BCUT2D eigenvalue weighted by Crippen LogP contribution is 2.28. The molecule has 0 aliphatic heterocycles. The standard InChI is InChI=1S/C27H35BrN2O4/c1-19(27(32)29-23-10-5-4-6-11-23)30(18-21-8-7-9-22(28)16-21)26(31)15-13-20-12-14-24(33-2)25(17-20)34-3/h7-9,12,14,16-17,19,23H,4-6,10-11,13,15,18H2,1-3H3,(H,29,32)/t19-/m1/s1. The highest BCUT2D eigenvalue weighted by atomic mass is 79.9. The number of nitrogens with zero attached hydrogens (tertiary/aromatic N) is 1. The summed E-state index contributed by atoms with van der Waals surface area (Å²) >= 11 is 3.50. The summed E-state index contributed by atoms with van der Waals surface area (Å²) in [5.41, 5.74) is 1.96. The molecule has 1 saturated carbocycles. The predicted molar refractivity (Wildman–Crippen MR) is 137 cm³/mol. The van der Waals surface area contributed by atoms with Gasteiger partial charge in [0.05, 0.1) is 14.2 Å². The fourth-order valence-electron chi connectivity index (χ4n) is 4.41. The SMILES string of the molecule is COc1ccc(CCC(=O)N(Cc2cccc(Br)c2)[C@H](C)C(=O)NC2CCCCC2)cc1OC. The molecule has 2 aromatic rings. The molecule has 3 rings (SSSR count). The van der Waals surface area contributed by atoms with Gasteiger partial charge in [0.15, 0.2) is 11.5 Å². The maximum absolute atomic E-state index is 13.4. The van der Waals surface area contributed by atoms with Crippen molar-refractivity contribution in [3.05, 3.63) is 58.1 Å². The Hall–Kier alpha value is -2.54. The molecule has 1 fully saturated rings. The first-order valence-electron chi connectivity index (χ1n) is 12.0. The van der Waals surface area contributed by atoms with E-state index < -0.39 is 6.04 Å². The van der Waals surface area contributed by atoms with E-state index in [0.717, 1.165) is 41.3 Å². The zero-order valence-electron chi connectivity index (χ0n) is 20.3. The molecule has 184 valence electrons. The van der Waals surface area contributed by atoms with Crippen LogP contribution in [0.25, 0.3) is 0 Å². The summed E-state index contributed by atoms with van der Waals surface area (Å²) < 4.78 is 11.6. The van der Waals surface area contributed by atoms with Crippen LogP contribution in [0.4, 0.5) is 0 Å². The zero-order chi connectivity index (χ0) is 24.5. The summed E-state index contributed by atoms with van der Waals surface area (Å²) in [5.74, 6) is 1.16. The van der Waals surface area contributed by atoms with Gasteiger partial charge in [-0.05, 0) is 61.6 Å². The van der Waals surface area contributed by atoms with E-state index in [0.29, 0.717) is 30.9 Å². The van der Waals surface area contributed by atoms with Crippen LogP contribution >= 0.6 is 15.9 Å². The van der Waals surface area contributed by atoms with Gasteiger partial charge in [0.1, 0.15) is 6.04 Å². The van der Waals surface area contributed by atoms with Crippen LogP contribution in [0, 0.1) is 0 Å². The monoisotopic (exact) mass is 530 g/mol. The van der Waals surface area contributed by atoms with E-state index in [-0.39, 0.29) is 17.9 Å². The topological polar surface area (TPSA) is 67.9 Å². The third-order valence-electron chi connectivity index (χ3n) is 6.44. The van der Waals surface area contributed by atoms with Crippen molar-refractivity contribution in [2.75, 3.05) is 14.2 Å². The van der Waals surface area contributed by atoms with Gasteiger partial charge in [-0.3, -0.25) is 9.59 Å². The van der Waals surface area contributed by atoms with Crippen LogP contribution < -0.4 is 14.8 Å². The van der Waals surface area contributed by atoms with E-state index in [1.165, 1.54) is 6.42 Å². The largest absolute Gasteiger partial charge is 0.493 e. The van der Waals surface area contributed by atoms with Crippen LogP contribution in [-0.2, 0) is 22.6 Å². The third-order valence-corrected chi connectivity index (χ3v) is 6.93. The van der Waals surface area contributed by atoms with E-state index in [2.05, 4.69) is 21.2 Å². The smallest absolute Gasteiger partial charge is 0.242 e. The number of rotatable bonds is 10. The molecule has 0 heterocycles. The Morgan fingerprint density at radius 1 is 1.03 bits per heavy atom. The fourth-order valence-corrected chi connectivity index (χ4v) is 4.86. The van der Waals surface area contributed by atoms with Gasteiger partial charge < -0.3 is 19.7 Å². The van der Waals surface area contributed by atoms with Gasteiger partial charge in [-0.15, -0.1) is 0 Å². The van der Waals surface area contributed by atoms with E-state index in [4.69, 9.17) is 9.47 Å². The van der Waals surface area contributed by atoms with Gasteiger partial charge in [-0.25, -0.2) is 0 Å². The molecule has 7 heteroatoms. The minimum Gasteiger partial charge on any atom is -0.493 e. The van der Waals surface area contributed by atoms with Gasteiger partial charge in [-0.1, -0.05) is 53.4 Å². The quantitative estimate of drug-likeness (QED) is 0.454. The molecule has 2 amide bonds. The van der Waals surface area contributed by atoms with Crippen molar-refractivity contribution < 1.29 is 19.1 Å². The molecule has 1 atom stereocenters. The van der Waals surface area contributed by atoms with Gasteiger partial charge in [0.2, 0.25) is 11.8 Å². The number of carbonyl (C=O) groups excluding carboxylic acids is 2. The lowest BCUT2D eigenvalue weighted by atomic mass is 9.95. The number of aryl methyl sites for hydroxylation is 1. The van der Waals surface area contributed by atoms with Gasteiger partial charge >= 0.3 is 0 Å². The Morgan fingerprint density at radius 2 is 1.76 bits per heavy atom. The zero-order valence-corrected chi connectivity index (χ0v) is 21.9. The first-order chi connectivity index (χ1) is 16.4.